The third kappa shape index (κ3) is 4.97. The van der Waals surface area contributed by atoms with E-state index in [0.717, 1.165) is 12.4 Å². The Morgan fingerprint density at radius 1 is 1.53 bits per heavy atom. The number of nitrogens with two attached hydrogens (primary N) is 1. The number of thioether (sulfide) groups is 1. The normalized spacial score (nSPS) is 24.9. The molecule has 1 aromatic rings. The van der Waals surface area contributed by atoms with Gasteiger partial charge >= 0.3 is 0 Å². The van der Waals surface area contributed by atoms with Crippen molar-refractivity contribution in [3.63, 3.8) is 0 Å². The van der Waals surface area contributed by atoms with Crippen LogP contribution in [0.4, 0.5) is 14.7 Å². The molecule has 2 N–H and O–H groups in total. The van der Waals surface area contributed by atoms with Gasteiger partial charge in [-0.15, -0.1) is 6.42 Å². The maximum absolute atomic E-state index is 15.9. The Morgan fingerprint density at radius 3 is 2.91 bits per heavy atom. The fraction of sp³-hybridized carbons (Fsp3) is 0.435. The van der Waals surface area contributed by atoms with Gasteiger partial charge in [0, 0.05) is 31.0 Å². The van der Waals surface area contributed by atoms with Crippen molar-refractivity contribution in [1.82, 2.24) is 9.97 Å². The Bertz CT molecular complexity index is 1070. The number of aromatic nitrogens is 2. The van der Waals surface area contributed by atoms with E-state index < -0.39 is 22.6 Å². The Kier molecular flexibility index (Phi) is 8.04. The number of nitrogens with zero attached hydrogens (tertiary/aromatic N) is 6. The fourth-order valence-corrected chi connectivity index (χ4v) is 5.21. The van der Waals surface area contributed by atoms with E-state index in [1.54, 1.807) is 6.92 Å². The molecule has 0 aromatic carbocycles. The average molecular weight is 488 g/mol. The van der Waals surface area contributed by atoms with Gasteiger partial charge in [0.25, 0.3) is 0 Å². The van der Waals surface area contributed by atoms with Crippen molar-refractivity contribution in [2.75, 3.05) is 30.3 Å². The molecule has 8 nitrogen and oxygen atoms in total. The van der Waals surface area contributed by atoms with Crippen LogP contribution < -0.4 is 10.6 Å². The average Bonchev–Trinajstić information content (AvgIpc) is 3.21. The van der Waals surface area contributed by atoms with E-state index >= 15 is 4.39 Å². The molecule has 1 aromatic heterocycles. The Labute approximate surface area is 202 Å². The number of hydrogen-bond donors (Lipinski definition) is 1. The number of ether oxygens (including phenoxy) is 1. The number of fused-ring (bicyclic) bond motifs is 1. The van der Waals surface area contributed by atoms with Crippen LogP contribution in [0, 0.1) is 29.5 Å². The van der Waals surface area contributed by atoms with Crippen LogP contribution in [0.2, 0.25) is 0 Å². The van der Waals surface area contributed by atoms with Gasteiger partial charge in [-0.05, 0) is 20.1 Å². The van der Waals surface area contributed by atoms with Gasteiger partial charge in [-0.2, -0.15) is 0 Å². The number of aliphatic imine (C=N–C) groups is 3. The van der Waals surface area contributed by atoms with Crippen LogP contribution in [-0.2, 0) is 4.74 Å². The minimum absolute atomic E-state index is 0.0338. The molecule has 0 spiro atoms. The van der Waals surface area contributed by atoms with Crippen LogP contribution >= 0.6 is 11.8 Å². The molecule has 0 amide bonds. The standard InChI is InChI=1S/C23H27F2N7OS/c1-5-7-18(25)22(3,14-30-19(11-27-4)33-8-6-2)23-15-32(21-28-9-17(24)10-29-21)12-16(23)13-34-20(26)31-23/h2,7,9-11,14,16H,4-5,8,12-13,15H2,1,3H3,(H2,26,31)/b18-7+,19-11+,30-14-/t16-,22?,23-/m0/s1. The molecule has 11 heteroatoms. The molecule has 2 aliphatic heterocycles. The van der Waals surface area contributed by atoms with Crippen molar-refractivity contribution >= 4 is 35.8 Å². The van der Waals surface area contributed by atoms with E-state index in [2.05, 4.69) is 32.6 Å². The van der Waals surface area contributed by atoms with E-state index in [9.17, 15) is 4.39 Å². The predicted molar refractivity (Wildman–Crippen MR) is 133 cm³/mol. The van der Waals surface area contributed by atoms with Crippen LogP contribution in [0.15, 0.2) is 51.4 Å². The first-order valence-electron chi connectivity index (χ1n) is 10.6. The highest BCUT2D eigenvalue weighted by atomic mass is 32.2. The number of anilines is 1. The molecule has 0 radical (unpaired) electrons. The van der Waals surface area contributed by atoms with E-state index in [4.69, 9.17) is 21.9 Å². The second kappa shape index (κ2) is 10.8. The highest BCUT2D eigenvalue weighted by Gasteiger charge is 2.61. The molecular formula is C23H27F2N7OS. The molecule has 0 aliphatic carbocycles. The van der Waals surface area contributed by atoms with Crippen molar-refractivity contribution in [2.24, 2.45) is 32.0 Å². The summed E-state index contributed by atoms with van der Waals surface area (Å²) in [7, 11) is 0. The molecule has 0 saturated carbocycles. The molecule has 0 bridgehead atoms. The number of halogens is 2. The summed E-state index contributed by atoms with van der Waals surface area (Å²) in [5.74, 6) is 2.33. The fourth-order valence-electron chi connectivity index (χ4n) is 4.23. The number of rotatable bonds is 9. The van der Waals surface area contributed by atoms with Crippen molar-refractivity contribution in [1.29, 1.82) is 0 Å². The van der Waals surface area contributed by atoms with Gasteiger partial charge in [0.2, 0.25) is 11.8 Å². The van der Waals surface area contributed by atoms with Crippen molar-refractivity contribution in [2.45, 2.75) is 25.8 Å². The van der Waals surface area contributed by atoms with E-state index in [0.29, 0.717) is 29.8 Å². The Balaban J connectivity index is 2.12. The molecule has 3 atom stereocenters. The van der Waals surface area contributed by atoms with E-state index in [-0.39, 0.29) is 25.0 Å². The summed E-state index contributed by atoms with van der Waals surface area (Å²) in [4.78, 5) is 23.0. The number of terminal acetylenes is 1. The zero-order chi connectivity index (χ0) is 24.8. The molecular weight excluding hydrogens is 460 g/mol. The summed E-state index contributed by atoms with van der Waals surface area (Å²) >= 11 is 1.41. The molecule has 3 heterocycles. The smallest absolute Gasteiger partial charge is 0.232 e. The topological polar surface area (TPSA) is 101 Å². The van der Waals surface area contributed by atoms with Gasteiger partial charge in [0.15, 0.2) is 17.6 Å². The van der Waals surface area contributed by atoms with E-state index in [1.165, 1.54) is 30.3 Å². The minimum atomic E-state index is -1.31. The largest absolute Gasteiger partial charge is 0.463 e. The zero-order valence-corrected chi connectivity index (χ0v) is 19.9. The number of allylic oxidation sites excluding steroid dienone is 1. The van der Waals surface area contributed by atoms with Crippen LogP contribution in [0.5, 0.6) is 0 Å². The van der Waals surface area contributed by atoms with Crippen LogP contribution in [0.1, 0.15) is 20.3 Å². The molecule has 1 saturated heterocycles. The minimum Gasteiger partial charge on any atom is -0.463 e. The summed E-state index contributed by atoms with van der Waals surface area (Å²) < 4.78 is 34.7. The molecule has 2 aliphatic rings. The molecule has 34 heavy (non-hydrogen) atoms. The van der Waals surface area contributed by atoms with Crippen molar-refractivity contribution < 1.29 is 13.5 Å². The Morgan fingerprint density at radius 2 is 2.26 bits per heavy atom. The molecule has 180 valence electrons. The summed E-state index contributed by atoms with van der Waals surface area (Å²) in [5, 5.41) is 0.356. The van der Waals surface area contributed by atoms with Crippen LogP contribution in [0.3, 0.4) is 0 Å². The van der Waals surface area contributed by atoms with Gasteiger partial charge in [-0.3, -0.25) is 9.98 Å². The molecule has 1 unspecified atom stereocenters. The first-order chi connectivity index (χ1) is 16.3. The quantitative estimate of drug-likeness (QED) is 0.326. The van der Waals surface area contributed by atoms with Gasteiger partial charge in [0.1, 0.15) is 11.4 Å². The van der Waals surface area contributed by atoms with Crippen molar-refractivity contribution in [3.8, 4) is 12.3 Å². The van der Waals surface area contributed by atoms with E-state index in [1.807, 2.05) is 11.8 Å². The van der Waals surface area contributed by atoms with Gasteiger partial charge in [-0.25, -0.2) is 23.7 Å². The molecule has 1 fully saturated rings. The van der Waals surface area contributed by atoms with Gasteiger partial charge in [-0.1, -0.05) is 30.7 Å². The van der Waals surface area contributed by atoms with Gasteiger partial charge < -0.3 is 15.4 Å². The zero-order valence-electron chi connectivity index (χ0n) is 19.1. The SMILES string of the molecule is C#CCOC(=C/N=C)/N=C\C(C)(/C(F)=C\CC)[C@]12CN(c3ncc(F)cn3)C[C@H]1CSC(N)=N2. The third-order valence-corrected chi connectivity index (χ3v) is 6.87. The summed E-state index contributed by atoms with van der Waals surface area (Å²) in [6.07, 6.45) is 12.2. The number of amidine groups is 1. The van der Waals surface area contributed by atoms with Crippen molar-refractivity contribution in [3.05, 3.63) is 42.2 Å². The lowest BCUT2D eigenvalue weighted by Gasteiger charge is -2.45. The summed E-state index contributed by atoms with van der Waals surface area (Å²) in [6.45, 7) is 7.69. The lowest BCUT2D eigenvalue weighted by atomic mass is 9.65. The maximum Gasteiger partial charge on any atom is 0.232 e. The first-order valence-corrected chi connectivity index (χ1v) is 11.6. The molecule has 3 rings (SSSR count). The maximum atomic E-state index is 15.9. The summed E-state index contributed by atoms with van der Waals surface area (Å²) in [6, 6.07) is 0. The lowest BCUT2D eigenvalue weighted by molar-refractivity contribution is 0.207. The first kappa shape index (κ1) is 25.4. The van der Waals surface area contributed by atoms with Gasteiger partial charge in [0.05, 0.1) is 24.0 Å². The second-order valence-electron chi connectivity index (χ2n) is 8.03. The highest BCUT2D eigenvalue weighted by Crippen LogP contribution is 2.52. The van der Waals surface area contributed by atoms with Crippen LogP contribution in [0.25, 0.3) is 0 Å². The third-order valence-electron chi connectivity index (χ3n) is 5.91. The predicted octanol–water partition coefficient (Wildman–Crippen LogP) is 3.34. The lowest BCUT2D eigenvalue weighted by Crippen LogP contribution is -2.56. The number of hydrogen-bond acceptors (Lipinski definition) is 9. The summed E-state index contributed by atoms with van der Waals surface area (Å²) in [5.41, 5.74) is 3.82. The highest BCUT2D eigenvalue weighted by molar-refractivity contribution is 8.13. The second-order valence-corrected chi connectivity index (χ2v) is 9.07. The monoisotopic (exact) mass is 487 g/mol. The van der Waals surface area contributed by atoms with Crippen LogP contribution in [-0.4, -0.2) is 59.1 Å². The Hall–Kier alpha value is -3.26.